The minimum Gasteiger partial charge on any atom is -0.394 e. The number of nitrogens with zero attached hydrogens (tertiary/aromatic N) is 4. The number of nitrogens with one attached hydrogen (secondary N) is 1. The number of aliphatic hydroxyl groups excluding tert-OH is 1. The van der Waals surface area contributed by atoms with Crippen LogP contribution in [-0.2, 0) is 10.3 Å². The van der Waals surface area contributed by atoms with E-state index in [1.54, 1.807) is 20.9 Å². The van der Waals surface area contributed by atoms with Gasteiger partial charge in [-0.25, -0.2) is 15.0 Å². The third-order valence-electron chi connectivity index (χ3n) is 3.84. The predicted molar refractivity (Wildman–Crippen MR) is 80.3 cm³/mol. The number of anilines is 1. The molecule has 1 aliphatic heterocycles. The van der Waals surface area contributed by atoms with Crippen molar-refractivity contribution in [3.63, 3.8) is 0 Å². The summed E-state index contributed by atoms with van der Waals surface area (Å²) in [4.78, 5) is 13.0. The summed E-state index contributed by atoms with van der Waals surface area (Å²) < 4.78 is 7.67. The van der Waals surface area contributed by atoms with E-state index in [0.717, 1.165) is 12.8 Å². The third kappa shape index (κ3) is 2.43. The fourth-order valence-corrected chi connectivity index (χ4v) is 2.81. The van der Waals surface area contributed by atoms with E-state index in [1.807, 2.05) is 4.57 Å². The van der Waals surface area contributed by atoms with Gasteiger partial charge in [0.1, 0.15) is 24.0 Å². The van der Waals surface area contributed by atoms with Gasteiger partial charge in [0.25, 0.3) is 0 Å². The number of hydrogen-bond donors (Lipinski definition) is 3. The second-order valence-electron chi connectivity index (χ2n) is 5.98. The first-order valence-electron chi connectivity index (χ1n) is 7.35. The number of rotatable bonds is 4. The number of fused-ring (bicyclic) bond motifs is 1. The van der Waals surface area contributed by atoms with Gasteiger partial charge in [-0.1, -0.05) is 0 Å². The van der Waals surface area contributed by atoms with Crippen molar-refractivity contribution in [2.75, 3.05) is 19.0 Å². The van der Waals surface area contributed by atoms with Crippen molar-refractivity contribution < 1.29 is 14.9 Å². The molecule has 1 aliphatic rings. The van der Waals surface area contributed by atoms with E-state index in [-0.39, 0.29) is 18.9 Å². The Bertz CT molecular complexity index is 679. The molecule has 0 radical (unpaired) electrons. The number of ether oxygens (including phenoxy) is 1. The fourth-order valence-electron chi connectivity index (χ4n) is 2.81. The molecule has 0 saturated carbocycles. The van der Waals surface area contributed by atoms with Crippen LogP contribution in [0.25, 0.3) is 11.2 Å². The second kappa shape index (κ2) is 5.45. The van der Waals surface area contributed by atoms with E-state index in [4.69, 9.17) is 4.74 Å². The molecule has 3 heterocycles. The van der Waals surface area contributed by atoms with Crippen LogP contribution in [0.4, 0.5) is 5.82 Å². The Morgan fingerprint density at radius 2 is 2.18 bits per heavy atom. The minimum absolute atomic E-state index is 0.0161. The maximum Gasteiger partial charge on any atom is 0.167 e. The first-order chi connectivity index (χ1) is 10.5. The van der Waals surface area contributed by atoms with Crippen LogP contribution < -0.4 is 5.32 Å². The molecule has 2 atom stereocenters. The van der Waals surface area contributed by atoms with E-state index in [0.29, 0.717) is 22.8 Å². The highest BCUT2D eigenvalue weighted by Crippen LogP contribution is 2.35. The van der Waals surface area contributed by atoms with Gasteiger partial charge in [0, 0.05) is 7.05 Å². The van der Waals surface area contributed by atoms with Gasteiger partial charge in [0.05, 0.1) is 12.7 Å². The van der Waals surface area contributed by atoms with Crippen molar-refractivity contribution in [2.24, 2.45) is 0 Å². The van der Waals surface area contributed by atoms with Crippen molar-refractivity contribution in [1.82, 2.24) is 19.5 Å². The summed E-state index contributed by atoms with van der Waals surface area (Å²) in [6.45, 7) is 3.34. The van der Waals surface area contributed by atoms with Crippen molar-refractivity contribution >= 4 is 17.0 Å². The lowest BCUT2D eigenvalue weighted by atomic mass is 10.1. The number of aromatic nitrogens is 4. The monoisotopic (exact) mass is 307 g/mol. The van der Waals surface area contributed by atoms with Crippen molar-refractivity contribution in [3.8, 4) is 0 Å². The largest absolute Gasteiger partial charge is 0.394 e. The summed E-state index contributed by atoms with van der Waals surface area (Å²) in [6.07, 6.45) is 2.46. The fraction of sp³-hybridized carbons (Fsp3) is 0.643. The van der Waals surface area contributed by atoms with Crippen LogP contribution in [-0.4, -0.2) is 49.5 Å². The summed E-state index contributed by atoms with van der Waals surface area (Å²) >= 11 is 0. The molecule has 0 aliphatic carbocycles. The molecule has 2 unspecified atom stereocenters. The van der Waals surface area contributed by atoms with Crippen LogP contribution >= 0.6 is 0 Å². The lowest BCUT2D eigenvalue weighted by Crippen LogP contribution is -2.25. The topological polar surface area (TPSA) is 105 Å². The molecular formula is C14H21N5O3. The van der Waals surface area contributed by atoms with Gasteiger partial charge in [-0.05, 0) is 26.7 Å². The number of imidazole rings is 1. The van der Waals surface area contributed by atoms with Crippen LogP contribution in [0, 0.1) is 0 Å². The molecule has 3 rings (SSSR count). The quantitative estimate of drug-likeness (QED) is 0.766. The summed E-state index contributed by atoms with van der Waals surface area (Å²) in [5.74, 6) is 1.08. The SMILES string of the molecule is CNc1ncnc2c1nc(C(C)(C)O)n2C1CCC(CO)O1. The Morgan fingerprint density at radius 3 is 2.77 bits per heavy atom. The molecule has 8 heteroatoms. The zero-order valence-corrected chi connectivity index (χ0v) is 12.9. The molecule has 22 heavy (non-hydrogen) atoms. The number of aliphatic hydroxyl groups is 2. The summed E-state index contributed by atoms with van der Waals surface area (Å²) in [5, 5.41) is 22.7. The molecule has 0 spiro atoms. The van der Waals surface area contributed by atoms with Crippen LogP contribution in [0.2, 0.25) is 0 Å². The van der Waals surface area contributed by atoms with Crippen LogP contribution in [0.1, 0.15) is 38.7 Å². The summed E-state index contributed by atoms with van der Waals surface area (Å²) in [6, 6.07) is 0. The average Bonchev–Trinajstić information content (AvgIpc) is 3.09. The van der Waals surface area contributed by atoms with E-state index in [2.05, 4.69) is 20.3 Å². The Hall–Kier alpha value is -1.77. The second-order valence-corrected chi connectivity index (χ2v) is 5.98. The Labute approximate surface area is 128 Å². The van der Waals surface area contributed by atoms with Crippen LogP contribution in [0.3, 0.4) is 0 Å². The van der Waals surface area contributed by atoms with Crippen LogP contribution in [0.15, 0.2) is 6.33 Å². The van der Waals surface area contributed by atoms with Gasteiger partial charge < -0.3 is 20.3 Å². The average molecular weight is 307 g/mol. The van der Waals surface area contributed by atoms with Gasteiger partial charge in [-0.15, -0.1) is 0 Å². The predicted octanol–water partition coefficient (Wildman–Crippen LogP) is 0.765. The summed E-state index contributed by atoms with van der Waals surface area (Å²) in [7, 11) is 1.76. The standard InChI is InChI=1S/C14H21N5O3/c1-14(2,21)13-18-10-11(15-3)16-7-17-12(10)19(13)9-5-4-8(6-20)22-9/h7-9,20-21H,4-6H2,1-3H3,(H,15,16,17). The molecule has 2 aromatic rings. The Morgan fingerprint density at radius 1 is 1.41 bits per heavy atom. The first-order valence-corrected chi connectivity index (χ1v) is 7.35. The molecule has 3 N–H and O–H groups in total. The highest BCUT2D eigenvalue weighted by atomic mass is 16.5. The minimum atomic E-state index is -1.15. The Balaban J connectivity index is 2.18. The molecule has 2 aromatic heterocycles. The summed E-state index contributed by atoms with van der Waals surface area (Å²) in [5.41, 5.74) is 0.0602. The lowest BCUT2D eigenvalue weighted by Gasteiger charge is -2.22. The molecule has 0 aromatic carbocycles. The van der Waals surface area contributed by atoms with Gasteiger partial charge >= 0.3 is 0 Å². The Kier molecular flexibility index (Phi) is 3.75. The van der Waals surface area contributed by atoms with Gasteiger partial charge in [-0.3, -0.25) is 4.57 Å². The van der Waals surface area contributed by atoms with Crippen molar-refractivity contribution in [1.29, 1.82) is 0 Å². The lowest BCUT2D eigenvalue weighted by molar-refractivity contribution is -0.0298. The zero-order valence-electron chi connectivity index (χ0n) is 12.9. The maximum atomic E-state index is 10.5. The molecule has 120 valence electrons. The number of hydrogen-bond acceptors (Lipinski definition) is 7. The van der Waals surface area contributed by atoms with E-state index < -0.39 is 5.60 Å². The van der Waals surface area contributed by atoms with Gasteiger partial charge in [0.15, 0.2) is 17.0 Å². The van der Waals surface area contributed by atoms with Gasteiger partial charge in [-0.2, -0.15) is 0 Å². The normalized spacial score (nSPS) is 22.4. The van der Waals surface area contributed by atoms with Gasteiger partial charge in [0.2, 0.25) is 0 Å². The molecule has 1 saturated heterocycles. The first kappa shape index (κ1) is 15.1. The molecular weight excluding hydrogens is 286 g/mol. The highest BCUT2D eigenvalue weighted by molar-refractivity contribution is 5.83. The molecule has 0 amide bonds. The van der Waals surface area contributed by atoms with Crippen molar-refractivity contribution in [3.05, 3.63) is 12.2 Å². The van der Waals surface area contributed by atoms with Crippen molar-refractivity contribution in [2.45, 2.75) is 44.6 Å². The van der Waals surface area contributed by atoms with Crippen LogP contribution in [0.5, 0.6) is 0 Å². The highest BCUT2D eigenvalue weighted by Gasteiger charge is 2.34. The van der Waals surface area contributed by atoms with E-state index in [1.165, 1.54) is 6.33 Å². The molecule has 1 fully saturated rings. The smallest absolute Gasteiger partial charge is 0.167 e. The molecule has 8 nitrogen and oxygen atoms in total. The maximum absolute atomic E-state index is 10.5. The van der Waals surface area contributed by atoms with E-state index in [9.17, 15) is 10.2 Å². The van der Waals surface area contributed by atoms with E-state index >= 15 is 0 Å². The third-order valence-corrected chi connectivity index (χ3v) is 3.84. The zero-order chi connectivity index (χ0) is 15.9. The molecule has 0 bridgehead atoms.